The van der Waals surface area contributed by atoms with Gasteiger partial charge >= 0.3 is 5.97 Å². The normalized spacial score (nSPS) is 13.8. The molecule has 8 nitrogen and oxygen atoms in total. The minimum absolute atomic E-state index is 0.0554. The van der Waals surface area contributed by atoms with Gasteiger partial charge in [0.05, 0.1) is 24.5 Å². The van der Waals surface area contributed by atoms with Crippen LogP contribution in [0.3, 0.4) is 0 Å². The Kier molecular flexibility index (Phi) is 11.8. The number of Topliss-reactive ketones (excluding diaryl/α,β-unsaturated/α-hetero) is 1. The van der Waals surface area contributed by atoms with Crippen LogP contribution in [0.5, 0.6) is 5.75 Å². The summed E-state index contributed by atoms with van der Waals surface area (Å²) in [6, 6.07) is 6.44. The Bertz CT molecular complexity index is 917. The van der Waals surface area contributed by atoms with Gasteiger partial charge in [-0.1, -0.05) is 13.3 Å². The fourth-order valence-electron chi connectivity index (χ4n) is 2.72. The first-order valence-corrected chi connectivity index (χ1v) is 15.0. The molecule has 10 heteroatoms. The molecule has 1 unspecified atom stereocenters. The Balaban J connectivity index is 2.62. The van der Waals surface area contributed by atoms with Crippen LogP contribution in [-0.4, -0.2) is 62.8 Å². The highest BCUT2D eigenvalue weighted by Gasteiger charge is 2.28. The summed E-state index contributed by atoms with van der Waals surface area (Å²) in [5.41, 5.74) is -0.111. The third kappa shape index (κ3) is 12.9. The Morgan fingerprint density at radius 3 is 2.18 bits per heavy atom. The van der Waals surface area contributed by atoms with E-state index in [2.05, 4.69) is 0 Å². The SMILES string of the molecule is CCCCOP(=O)(CCC(=O)OC(C)(C)C)CCS(=O)(=O)CCOc1ccc(C(C)=O)cc1. The quantitative estimate of drug-likeness (QED) is 0.148. The number of benzene rings is 1. The zero-order valence-corrected chi connectivity index (χ0v) is 22.0. The summed E-state index contributed by atoms with van der Waals surface area (Å²) < 4.78 is 54.5. The van der Waals surface area contributed by atoms with Gasteiger partial charge in [-0.2, -0.15) is 0 Å². The molecule has 0 amide bonds. The van der Waals surface area contributed by atoms with Gasteiger partial charge in [-0.15, -0.1) is 0 Å². The van der Waals surface area contributed by atoms with Crippen LogP contribution in [0, 0.1) is 0 Å². The summed E-state index contributed by atoms with van der Waals surface area (Å²) in [6.07, 6.45) is 1.23. The number of carbonyl (C=O) groups is 2. The molecule has 1 aromatic carbocycles. The Morgan fingerprint density at radius 2 is 1.64 bits per heavy atom. The second-order valence-corrected chi connectivity index (χ2v) is 14.0. The highest BCUT2D eigenvalue weighted by Crippen LogP contribution is 2.47. The number of hydrogen-bond acceptors (Lipinski definition) is 8. The number of rotatable bonds is 15. The van der Waals surface area contributed by atoms with E-state index >= 15 is 0 Å². The molecule has 0 fully saturated rings. The van der Waals surface area contributed by atoms with E-state index in [0.29, 0.717) is 17.7 Å². The molecule has 0 bridgehead atoms. The minimum Gasteiger partial charge on any atom is -0.493 e. The second-order valence-electron chi connectivity index (χ2n) is 8.87. The summed E-state index contributed by atoms with van der Waals surface area (Å²) in [6.45, 7) is 8.84. The van der Waals surface area contributed by atoms with Crippen LogP contribution in [0.1, 0.15) is 64.2 Å². The molecule has 0 saturated carbocycles. The molecule has 0 aromatic heterocycles. The Labute approximate surface area is 197 Å². The van der Waals surface area contributed by atoms with Crippen LogP contribution < -0.4 is 4.74 Å². The van der Waals surface area contributed by atoms with E-state index in [0.717, 1.165) is 6.42 Å². The van der Waals surface area contributed by atoms with Crippen LogP contribution in [-0.2, 0) is 28.5 Å². The molecule has 0 saturated heterocycles. The lowest BCUT2D eigenvalue weighted by molar-refractivity contribution is -0.154. The maximum atomic E-state index is 13.2. The van der Waals surface area contributed by atoms with Crippen molar-refractivity contribution in [3.8, 4) is 5.75 Å². The van der Waals surface area contributed by atoms with Gasteiger partial charge in [0.25, 0.3) is 0 Å². The first kappa shape index (κ1) is 29.3. The predicted molar refractivity (Wildman–Crippen MR) is 129 cm³/mol. The molecule has 0 spiro atoms. The van der Waals surface area contributed by atoms with Crippen molar-refractivity contribution < 1.29 is 36.6 Å². The standard InChI is InChI=1S/C23H37O8PS/c1-6-7-13-30-32(26,15-12-22(25)31-23(3,4)5)16-18-33(27,28)17-14-29-21-10-8-20(9-11-21)19(2)24/h8-11H,6-7,12-18H2,1-5H3. The van der Waals surface area contributed by atoms with E-state index in [-0.39, 0.29) is 49.2 Å². The molecule has 0 N–H and O–H groups in total. The zero-order valence-electron chi connectivity index (χ0n) is 20.3. The van der Waals surface area contributed by atoms with Gasteiger partial charge in [0, 0.05) is 17.9 Å². The average molecular weight is 505 g/mol. The van der Waals surface area contributed by atoms with Crippen LogP contribution in [0.25, 0.3) is 0 Å². The van der Waals surface area contributed by atoms with Gasteiger partial charge in [-0.05, 0) is 58.4 Å². The molecule has 33 heavy (non-hydrogen) atoms. The van der Waals surface area contributed by atoms with Gasteiger partial charge < -0.3 is 14.0 Å². The van der Waals surface area contributed by atoms with Crippen molar-refractivity contribution in [3.05, 3.63) is 29.8 Å². The van der Waals surface area contributed by atoms with Gasteiger partial charge in [0.2, 0.25) is 7.37 Å². The molecule has 0 aliphatic carbocycles. The van der Waals surface area contributed by atoms with E-state index in [4.69, 9.17) is 14.0 Å². The number of esters is 1. The van der Waals surface area contributed by atoms with Crippen molar-refractivity contribution in [2.75, 3.05) is 37.0 Å². The highest BCUT2D eigenvalue weighted by atomic mass is 32.2. The van der Waals surface area contributed by atoms with E-state index in [1.54, 1.807) is 45.0 Å². The first-order valence-electron chi connectivity index (χ1n) is 11.1. The number of carbonyl (C=O) groups excluding carboxylic acids is 2. The van der Waals surface area contributed by atoms with Crippen molar-refractivity contribution in [1.82, 2.24) is 0 Å². The average Bonchev–Trinajstić information content (AvgIpc) is 2.70. The summed E-state index contributed by atoms with van der Waals surface area (Å²) >= 11 is 0. The van der Waals surface area contributed by atoms with Crippen molar-refractivity contribution in [2.45, 2.75) is 59.5 Å². The van der Waals surface area contributed by atoms with Gasteiger partial charge in [-0.3, -0.25) is 14.2 Å². The molecule has 1 rings (SSSR count). The molecule has 0 heterocycles. The van der Waals surface area contributed by atoms with E-state index in [1.165, 1.54) is 6.92 Å². The smallest absolute Gasteiger partial charge is 0.306 e. The molecule has 188 valence electrons. The Morgan fingerprint density at radius 1 is 1.00 bits per heavy atom. The van der Waals surface area contributed by atoms with Gasteiger partial charge in [-0.25, -0.2) is 8.42 Å². The predicted octanol–water partition coefficient (Wildman–Crippen LogP) is 4.51. The van der Waals surface area contributed by atoms with Crippen molar-refractivity contribution >= 4 is 29.0 Å². The number of ketones is 1. The fraction of sp³-hybridized carbons (Fsp3) is 0.652. The van der Waals surface area contributed by atoms with E-state index in [9.17, 15) is 22.6 Å². The van der Waals surface area contributed by atoms with Crippen LogP contribution >= 0.6 is 7.37 Å². The molecule has 0 aliphatic rings. The lowest BCUT2D eigenvalue weighted by Crippen LogP contribution is -2.25. The molecule has 1 aromatic rings. The summed E-state index contributed by atoms with van der Waals surface area (Å²) in [7, 11) is -6.87. The number of ether oxygens (including phenoxy) is 2. The fourth-order valence-corrected chi connectivity index (χ4v) is 6.96. The Hall–Kier alpha value is -1.70. The summed E-state index contributed by atoms with van der Waals surface area (Å²) in [5, 5.41) is 0. The van der Waals surface area contributed by atoms with Crippen molar-refractivity contribution in [2.24, 2.45) is 0 Å². The summed E-state index contributed by atoms with van der Waals surface area (Å²) in [5.74, 6) is -0.670. The third-order valence-electron chi connectivity index (χ3n) is 4.57. The first-order chi connectivity index (χ1) is 15.3. The molecular formula is C23H37O8PS. The molecule has 1 atom stereocenters. The largest absolute Gasteiger partial charge is 0.493 e. The van der Waals surface area contributed by atoms with E-state index < -0.39 is 28.8 Å². The van der Waals surface area contributed by atoms with E-state index in [1.807, 2.05) is 6.92 Å². The van der Waals surface area contributed by atoms with Gasteiger partial charge in [0.15, 0.2) is 15.6 Å². The summed E-state index contributed by atoms with van der Waals surface area (Å²) in [4.78, 5) is 23.3. The van der Waals surface area contributed by atoms with Crippen LogP contribution in [0.15, 0.2) is 24.3 Å². The zero-order chi connectivity index (χ0) is 25.1. The maximum absolute atomic E-state index is 13.2. The van der Waals surface area contributed by atoms with Crippen LogP contribution in [0.2, 0.25) is 0 Å². The van der Waals surface area contributed by atoms with Crippen molar-refractivity contribution in [3.63, 3.8) is 0 Å². The number of unbranched alkanes of at least 4 members (excludes halogenated alkanes) is 1. The third-order valence-corrected chi connectivity index (χ3v) is 8.95. The van der Waals surface area contributed by atoms with Crippen LogP contribution in [0.4, 0.5) is 0 Å². The lowest BCUT2D eigenvalue weighted by Gasteiger charge is -2.22. The molecule has 0 aliphatic heterocycles. The number of hydrogen-bond donors (Lipinski definition) is 0. The lowest BCUT2D eigenvalue weighted by atomic mass is 10.1. The second kappa shape index (κ2) is 13.3. The molecule has 0 radical (unpaired) electrons. The van der Waals surface area contributed by atoms with Gasteiger partial charge in [0.1, 0.15) is 18.0 Å². The highest BCUT2D eigenvalue weighted by molar-refractivity contribution is 7.91. The monoisotopic (exact) mass is 504 g/mol. The number of sulfone groups is 1. The topological polar surface area (TPSA) is 113 Å². The van der Waals surface area contributed by atoms with Crippen molar-refractivity contribution in [1.29, 1.82) is 0 Å². The minimum atomic E-state index is -3.55. The molecular weight excluding hydrogens is 467 g/mol. The maximum Gasteiger partial charge on any atom is 0.306 e.